The van der Waals surface area contributed by atoms with Gasteiger partial charge < -0.3 is 9.72 Å². The van der Waals surface area contributed by atoms with Gasteiger partial charge in [0.1, 0.15) is 4.83 Å². The molecule has 1 N–H and O–H groups in total. The molecule has 1 aliphatic carbocycles. The zero-order chi connectivity index (χ0) is 12.7. The topological polar surface area (TPSA) is 72.0 Å². The predicted molar refractivity (Wildman–Crippen MR) is 68.2 cm³/mol. The van der Waals surface area contributed by atoms with E-state index >= 15 is 0 Å². The molecule has 0 aliphatic heterocycles. The molecule has 2 aromatic rings. The van der Waals surface area contributed by atoms with Gasteiger partial charge in [-0.3, -0.25) is 4.79 Å². The molecular weight excluding hydrogens is 252 g/mol. The molecule has 0 amide bonds. The number of fused-ring (bicyclic) bond motifs is 3. The maximum Gasteiger partial charge on any atom is 0.374 e. The summed E-state index contributed by atoms with van der Waals surface area (Å²) in [5.74, 6) is -0.631. The second kappa shape index (κ2) is 4.20. The van der Waals surface area contributed by atoms with E-state index in [1.807, 2.05) is 0 Å². The van der Waals surface area contributed by atoms with E-state index in [0.717, 1.165) is 31.2 Å². The number of thiophene rings is 1. The van der Waals surface area contributed by atoms with E-state index in [-0.39, 0.29) is 11.4 Å². The molecule has 94 valence electrons. The van der Waals surface area contributed by atoms with E-state index in [2.05, 4.69) is 14.7 Å². The smallest absolute Gasteiger partial charge is 0.374 e. The number of aromatic amines is 1. The molecule has 2 heterocycles. The van der Waals surface area contributed by atoms with Gasteiger partial charge in [-0.25, -0.2) is 9.78 Å². The zero-order valence-corrected chi connectivity index (χ0v) is 10.7. The number of aryl methyl sites for hydroxylation is 2. The fourth-order valence-electron chi connectivity index (χ4n) is 2.36. The summed E-state index contributed by atoms with van der Waals surface area (Å²) in [6.45, 7) is 0. The third kappa shape index (κ3) is 1.64. The highest BCUT2D eigenvalue weighted by atomic mass is 32.1. The van der Waals surface area contributed by atoms with Crippen LogP contribution in [0.25, 0.3) is 10.2 Å². The molecule has 1 aliphatic rings. The number of aromatic nitrogens is 2. The quantitative estimate of drug-likeness (QED) is 0.795. The summed E-state index contributed by atoms with van der Waals surface area (Å²) in [7, 11) is 1.27. The number of carbonyl (C=O) groups excluding carboxylic acids is 1. The number of hydrogen-bond donors (Lipinski definition) is 1. The number of hydrogen-bond acceptors (Lipinski definition) is 5. The first-order chi connectivity index (χ1) is 8.70. The number of nitrogens with zero attached hydrogens (tertiary/aromatic N) is 1. The van der Waals surface area contributed by atoms with Crippen molar-refractivity contribution in [3.05, 3.63) is 26.6 Å². The molecule has 0 fully saturated rings. The summed E-state index contributed by atoms with van der Waals surface area (Å²) < 4.78 is 4.58. The van der Waals surface area contributed by atoms with Crippen LogP contribution >= 0.6 is 11.3 Å². The Morgan fingerprint density at radius 1 is 1.39 bits per heavy atom. The first kappa shape index (κ1) is 11.4. The minimum atomic E-state index is -0.611. The van der Waals surface area contributed by atoms with E-state index in [0.29, 0.717) is 10.2 Å². The van der Waals surface area contributed by atoms with E-state index in [9.17, 15) is 9.59 Å². The van der Waals surface area contributed by atoms with Gasteiger partial charge in [0.25, 0.3) is 5.56 Å². The van der Waals surface area contributed by atoms with Crippen LogP contribution in [-0.2, 0) is 17.6 Å². The van der Waals surface area contributed by atoms with Gasteiger partial charge in [0.2, 0.25) is 5.82 Å². The van der Waals surface area contributed by atoms with Gasteiger partial charge in [0.05, 0.1) is 12.5 Å². The highest BCUT2D eigenvalue weighted by molar-refractivity contribution is 7.18. The molecule has 0 saturated carbocycles. The Balaban J connectivity index is 2.26. The summed E-state index contributed by atoms with van der Waals surface area (Å²) in [5.41, 5.74) is 0.881. The van der Waals surface area contributed by atoms with Gasteiger partial charge in [-0.1, -0.05) is 0 Å². The molecule has 0 aromatic carbocycles. The third-order valence-corrected chi connectivity index (χ3v) is 4.39. The van der Waals surface area contributed by atoms with Crippen molar-refractivity contribution in [3.8, 4) is 0 Å². The first-order valence-corrected chi connectivity index (χ1v) is 6.65. The maximum atomic E-state index is 12.1. The average molecular weight is 264 g/mol. The SMILES string of the molecule is COC(=O)c1nc2sc3c(c2c(=O)[nH]1)CCCC3. The molecule has 0 saturated heterocycles. The monoisotopic (exact) mass is 264 g/mol. The van der Waals surface area contributed by atoms with Crippen molar-refractivity contribution in [3.63, 3.8) is 0 Å². The van der Waals surface area contributed by atoms with E-state index in [1.165, 1.54) is 23.3 Å². The average Bonchev–Trinajstić information content (AvgIpc) is 2.76. The molecule has 0 bridgehead atoms. The van der Waals surface area contributed by atoms with E-state index < -0.39 is 5.97 Å². The fourth-order valence-corrected chi connectivity index (χ4v) is 3.62. The van der Waals surface area contributed by atoms with E-state index in [1.54, 1.807) is 0 Å². The number of ether oxygens (including phenoxy) is 1. The van der Waals surface area contributed by atoms with Crippen molar-refractivity contribution in [2.45, 2.75) is 25.7 Å². The summed E-state index contributed by atoms with van der Waals surface area (Å²) in [6, 6.07) is 0. The number of carbonyl (C=O) groups is 1. The van der Waals surface area contributed by atoms with Crippen LogP contribution in [0, 0.1) is 0 Å². The van der Waals surface area contributed by atoms with Crippen LogP contribution < -0.4 is 5.56 Å². The number of nitrogens with one attached hydrogen (secondary N) is 1. The van der Waals surface area contributed by atoms with Crippen LogP contribution in [0.15, 0.2) is 4.79 Å². The van der Waals surface area contributed by atoms with Crippen LogP contribution in [-0.4, -0.2) is 23.0 Å². The minimum Gasteiger partial charge on any atom is -0.463 e. The Bertz CT molecular complexity index is 686. The highest BCUT2D eigenvalue weighted by Gasteiger charge is 2.21. The van der Waals surface area contributed by atoms with Crippen LogP contribution in [0.5, 0.6) is 0 Å². The second-order valence-corrected chi connectivity index (χ2v) is 5.38. The number of H-pyrrole nitrogens is 1. The number of methoxy groups -OCH3 is 1. The van der Waals surface area contributed by atoms with E-state index in [4.69, 9.17) is 0 Å². The minimum absolute atomic E-state index is 0.0198. The largest absolute Gasteiger partial charge is 0.463 e. The van der Waals surface area contributed by atoms with Crippen molar-refractivity contribution in [1.29, 1.82) is 0 Å². The summed E-state index contributed by atoms with van der Waals surface area (Å²) in [5, 5.41) is 0.655. The Morgan fingerprint density at radius 2 is 2.17 bits per heavy atom. The molecule has 2 aromatic heterocycles. The molecule has 0 radical (unpaired) electrons. The molecule has 6 heteroatoms. The lowest BCUT2D eigenvalue weighted by molar-refractivity contribution is 0.0587. The van der Waals surface area contributed by atoms with Gasteiger partial charge in [-0.15, -0.1) is 11.3 Å². The van der Waals surface area contributed by atoms with Crippen molar-refractivity contribution in [1.82, 2.24) is 9.97 Å². The second-order valence-electron chi connectivity index (χ2n) is 4.30. The van der Waals surface area contributed by atoms with Gasteiger partial charge in [-0.2, -0.15) is 0 Å². The third-order valence-electron chi connectivity index (χ3n) is 3.20. The van der Waals surface area contributed by atoms with Crippen molar-refractivity contribution < 1.29 is 9.53 Å². The standard InChI is InChI=1S/C12H12N2O3S/c1-17-12(16)9-13-10(15)8-6-4-2-3-5-7(6)18-11(8)14-9/h2-5H2,1H3,(H,13,14,15). The first-order valence-electron chi connectivity index (χ1n) is 5.83. The molecule has 3 rings (SSSR count). The Morgan fingerprint density at radius 3 is 2.94 bits per heavy atom. The van der Waals surface area contributed by atoms with Gasteiger partial charge in [0.15, 0.2) is 0 Å². The lowest BCUT2D eigenvalue weighted by Gasteiger charge is -2.09. The highest BCUT2D eigenvalue weighted by Crippen LogP contribution is 2.33. The summed E-state index contributed by atoms with van der Waals surface area (Å²) in [6.07, 6.45) is 4.19. The van der Waals surface area contributed by atoms with Gasteiger partial charge >= 0.3 is 5.97 Å². The summed E-state index contributed by atoms with van der Waals surface area (Å²) in [4.78, 5) is 32.0. The predicted octanol–water partition coefficient (Wildman–Crippen LogP) is 1.65. The van der Waals surface area contributed by atoms with Crippen LogP contribution in [0.2, 0.25) is 0 Å². The Hall–Kier alpha value is -1.69. The van der Waals surface area contributed by atoms with Gasteiger partial charge in [0, 0.05) is 4.88 Å². The van der Waals surface area contributed by atoms with Crippen LogP contribution in [0.1, 0.15) is 33.9 Å². The zero-order valence-electron chi connectivity index (χ0n) is 9.91. The van der Waals surface area contributed by atoms with Gasteiger partial charge in [-0.05, 0) is 31.2 Å². The molecule has 18 heavy (non-hydrogen) atoms. The van der Waals surface area contributed by atoms with Crippen molar-refractivity contribution >= 4 is 27.5 Å². The van der Waals surface area contributed by atoms with Crippen LogP contribution in [0.4, 0.5) is 0 Å². The molecule has 0 atom stereocenters. The number of esters is 1. The van der Waals surface area contributed by atoms with Crippen molar-refractivity contribution in [2.75, 3.05) is 7.11 Å². The normalized spacial score (nSPS) is 14.5. The molecule has 0 unspecified atom stereocenters. The maximum absolute atomic E-state index is 12.1. The Kier molecular flexibility index (Phi) is 2.66. The fraction of sp³-hybridized carbons (Fsp3) is 0.417. The lowest BCUT2D eigenvalue weighted by atomic mass is 9.97. The molecule has 0 spiro atoms. The summed E-state index contributed by atoms with van der Waals surface area (Å²) >= 11 is 1.52. The van der Waals surface area contributed by atoms with Crippen LogP contribution in [0.3, 0.4) is 0 Å². The van der Waals surface area contributed by atoms with Crippen molar-refractivity contribution in [2.24, 2.45) is 0 Å². The molecule has 5 nitrogen and oxygen atoms in total. The number of rotatable bonds is 1. The Labute approximate surface area is 107 Å². The molecular formula is C12H12N2O3S. The lowest BCUT2D eigenvalue weighted by Crippen LogP contribution is -2.17.